The SMILES string of the molecule is CC1CC2CC(C1)N2C(=O)Nc1ccc(C(F)(F)F)c(C2CCC2)c1. The molecule has 2 unspecified atom stereocenters. The number of halogens is 3. The van der Waals surface area contributed by atoms with E-state index in [2.05, 4.69) is 12.2 Å². The molecule has 136 valence electrons. The highest BCUT2D eigenvalue weighted by Gasteiger charge is 2.46. The molecule has 4 fully saturated rings. The molecule has 2 aliphatic carbocycles. The largest absolute Gasteiger partial charge is 0.416 e. The van der Waals surface area contributed by atoms with E-state index in [-0.39, 0.29) is 24.0 Å². The molecule has 2 amide bonds. The standard InChI is InChI=1S/C19H23F3N2O/c1-11-7-14-10-15(8-11)24(14)18(25)23-13-5-6-17(19(20,21)22)16(9-13)12-3-2-4-12/h5-6,9,11-12,14-15H,2-4,7-8,10H2,1H3,(H,23,25). The number of benzene rings is 1. The van der Waals surface area contributed by atoms with Crippen LogP contribution in [-0.2, 0) is 6.18 Å². The molecule has 2 heterocycles. The quantitative estimate of drug-likeness (QED) is 0.762. The molecule has 2 saturated carbocycles. The number of hydrogen-bond donors (Lipinski definition) is 1. The van der Waals surface area contributed by atoms with Crippen LogP contribution in [-0.4, -0.2) is 23.0 Å². The first-order valence-corrected chi connectivity index (χ1v) is 9.13. The molecular formula is C19H23F3N2O. The maximum Gasteiger partial charge on any atom is 0.416 e. The molecule has 5 rings (SSSR count). The lowest BCUT2D eigenvalue weighted by molar-refractivity contribution is -0.138. The molecule has 0 radical (unpaired) electrons. The maximum atomic E-state index is 13.3. The summed E-state index contributed by atoms with van der Waals surface area (Å²) in [6, 6.07) is 4.42. The van der Waals surface area contributed by atoms with Crippen LogP contribution in [0.5, 0.6) is 0 Å². The van der Waals surface area contributed by atoms with Gasteiger partial charge in [-0.25, -0.2) is 4.79 Å². The normalized spacial score (nSPS) is 29.0. The van der Waals surface area contributed by atoms with Crippen LogP contribution in [0.1, 0.15) is 62.5 Å². The molecule has 4 aliphatic rings. The van der Waals surface area contributed by atoms with Gasteiger partial charge in [0, 0.05) is 17.8 Å². The summed E-state index contributed by atoms with van der Waals surface area (Å²) in [6.45, 7) is 2.20. The molecule has 1 N–H and O–H groups in total. The number of carbonyl (C=O) groups is 1. The van der Waals surface area contributed by atoms with Crippen LogP contribution >= 0.6 is 0 Å². The van der Waals surface area contributed by atoms with Gasteiger partial charge in [-0.1, -0.05) is 13.3 Å². The van der Waals surface area contributed by atoms with E-state index in [1.54, 1.807) is 0 Å². The summed E-state index contributed by atoms with van der Waals surface area (Å²) < 4.78 is 39.8. The molecule has 2 saturated heterocycles. The summed E-state index contributed by atoms with van der Waals surface area (Å²) in [5.74, 6) is 0.599. The molecule has 2 aliphatic heterocycles. The monoisotopic (exact) mass is 352 g/mol. The Balaban J connectivity index is 1.52. The molecule has 25 heavy (non-hydrogen) atoms. The maximum absolute atomic E-state index is 13.3. The van der Waals surface area contributed by atoms with E-state index in [1.807, 2.05) is 4.90 Å². The van der Waals surface area contributed by atoms with E-state index < -0.39 is 11.7 Å². The molecule has 1 aromatic rings. The fourth-order valence-electron chi connectivity index (χ4n) is 4.62. The highest BCUT2D eigenvalue weighted by atomic mass is 19.4. The first-order chi connectivity index (χ1) is 11.8. The average Bonchev–Trinajstić information content (AvgIpc) is 2.43. The minimum Gasteiger partial charge on any atom is -0.318 e. The highest BCUT2D eigenvalue weighted by molar-refractivity contribution is 5.90. The first-order valence-electron chi connectivity index (χ1n) is 9.13. The lowest BCUT2D eigenvalue weighted by Crippen LogP contribution is -2.63. The number of nitrogens with one attached hydrogen (secondary N) is 1. The number of alkyl halides is 3. The topological polar surface area (TPSA) is 32.3 Å². The van der Waals surface area contributed by atoms with Crippen molar-refractivity contribution in [2.24, 2.45) is 5.92 Å². The Kier molecular flexibility index (Phi) is 3.96. The third-order valence-corrected chi connectivity index (χ3v) is 6.07. The van der Waals surface area contributed by atoms with Crippen molar-refractivity contribution in [2.45, 2.75) is 69.6 Å². The van der Waals surface area contributed by atoms with Gasteiger partial charge >= 0.3 is 12.2 Å². The zero-order valence-corrected chi connectivity index (χ0v) is 14.3. The van der Waals surface area contributed by atoms with Gasteiger partial charge in [0.15, 0.2) is 0 Å². The fourth-order valence-corrected chi connectivity index (χ4v) is 4.62. The van der Waals surface area contributed by atoms with E-state index in [9.17, 15) is 18.0 Å². The van der Waals surface area contributed by atoms with Gasteiger partial charge < -0.3 is 10.2 Å². The molecular weight excluding hydrogens is 329 g/mol. The fraction of sp³-hybridized carbons (Fsp3) is 0.632. The Labute approximate surface area is 145 Å². The first kappa shape index (κ1) is 16.7. The summed E-state index contributed by atoms with van der Waals surface area (Å²) >= 11 is 0. The Bertz CT molecular complexity index is 672. The Morgan fingerprint density at radius 2 is 1.84 bits per heavy atom. The summed E-state index contributed by atoms with van der Waals surface area (Å²) in [5.41, 5.74) is 0.233. The second-order valence-corrected chi connectivity index (χ2v) is 7.88. The predicted octanol–water partition coefficient (Wildman–Crippen LogP) is 5.38. The number of carbonyl (C=O) groups excluding carboxylic acids is 1. The van der Waals surface area contributed by atoms with Crippen LogP contribution in [0.4, 0.5) is 23.7 Å². The highest BCUT2D eigenvalue weighted by Crippen LogP contribution is 2.44. The number of amides is 2. The number of rotatable bonds is 2. The molecule has 2 atom stereocenters. The van der Waals surface area contributed by atoms with Crippen molar-refractivity contribution in [1.29, 1.82) is 0 Å². The van der Waals surface area contributed by atoms with Gasteiger partial charge in [0.1, 0.15) is 0 Å². The molecule has 0 aromatic heterocycles. The minimum atomic E-state index is -4.35. The van der Waals surface area contributed by atoms with E-state index >= 15 is 0 Å². The van der Waals surface area contributed by atoms with Gasteiger partial charge in [0.2, 0.25) is 0 Å². The number of anilines is 1. The predicted molar refractivity (Wildman–Crippen MR) is 89.5 cm³/mol. The van der Waals surface area contributed by atoms with Crippen molar-refractivity contribution in [3.63, 3.8) is 0 Å². The third kappa shape index (κ3) is 3.00. The Morgan fingerprint density at radius 3 is 2.40 bits per heavy atom. The third-order valence-electron chi connectivity index (χ3n) is 6.07. The summed E-state index contributed by atoms with van der Waals surface area (Å²) in [5, 5.41) is 2.83. The van der Waals surface area contributed by atoms with Crippen LogP contribution in [0.25, 0.3) is 0 Å². The van der Waals surface area contributed by atoms with Crippen LogP contribution in [0, 0.1) is 5.92 Å². The van der Waals surface area contributed by atoms with Crippen molar-refractivity contribution < 1.29 is 18.0 Å². The molecule has 2 bridgehead atoms. The lowest BCUT2D eigenvalue weighted by Gasteiger charge is -2.54. The van der Waals surface area contributed by atoms with Crippen molar-refractivity contribution in [3.8, 4) is 0 Å². The molecule has 3 nitrogen and oxygen atoms in total. The van der Waals surface area contributed by atoms with Gasteiger partial charge in [-0.2, -0.15) is 13.2 Å². The van der Waals surface area contributed by atoms with Gasteiger partial charge in [-0.05, 0) is 67.7 Å². The smallest absolute Gasteiger partial charge is 0.318 e. The summed E-state index contributed by atoms with van der Waals surface area (Å²) in [7, 11) is 0. The lowest BCUT2D eigenvalue weighted by atomic mass is 9.74. The number of urea groups is 1. The Hall–Kier alpha value is -1.72. The van der Waals surface area contributed by atoms with Crippen molar-refractivity contribution >= 4 is 11.7 Å². The van der Waals surface area contributed by atoms with E-state index in [0.29, 0.717) is 17.2 Å². The van der Waals surface area contributed by atoms with Gasteiger partial charge in [-0.15, -0.1) is 0 Å². The van der Waals surface area contributed by atoms with Crippen molar-refractivity contribution in [3.05, 3.63) is 29.3 Å². The van der Waals surface area contributed by atoms with E-state index in [0.717, 1.165) is 44.6 Å². The van der Waals surface area contributed by atoms with Crippen molar-refractivity contribution in [2.75, 3.05) is 5.32 Å². The van der Waals surface area contributed by atoms with E-state index in [4.69, 9.17) is 0 Å². The summed E-state index contributed by atoms with van der Waals surface area (Å²) in [6.07, 6.45) is 1.28. The van der Waals surface area contributed by atoms with Crippen LogP contribution < -0.4 is 5.32 Å². The number of hydrogen-bond acceptors (Lipinski definition) is 1. The second-order valence-electron chi connectivity index (χ2n) is 7.88. The van der Waals surface area contributed by atoms with Gasteiger partial charge in [0.25, 0.3) is 0 Å². The molecule has 0 spiro atoms. The zero-order valence-electron chi connectivity index (χ0n) is 14.3. The van der Waals surface area contributed by atoms with Crippen LogP contribution in [0.15, 0.2) is 18.2 Å². The average molecular weight is 352 g/mol. The summed E-state index contributed by atoms with van der Waals surface area (Å²) in [4.78, 5) is 14.4. The molecule has 6 heteroatoms. The number of nitrogens with zero attached hydrogens (tertiary/aromatic N) is 1. The Morgan fingerprint density at radius 1 is 1.16 bits per heavy atom. The zero-order chi connectivity index (χ0) is 17.8. The van der Waals surface area contributed by atoms with Gasteiger partial charge in [-0.3, -0.25) is 0 Å². The van der Waals surface area contributed by atoms with E-state index in [1.165, 1.54) is 12.1 Å². The van der Waals surface area contributed by atoms with Crippen molar-refractivity contribution in [1.82, 2.24) is 4.90 Å². The van der Waals surface area contributed by atoms with Gasteiger partial charge in [0.05, 0.1) is 5.56 Å². The minimum absolute atomic E-state index is 0.0438. The molecule has 1 aromatic carbocycles. The second kappa shape index (κ2) is 5.92. The number of fused-ring (bicyclic) bond motifs is 2. The number of piperidine rings is 1. The van der Waals surface area contributed by atoms with Crippen LogP contribution in [0.3, 0.4) is 0 Å². The van der Waals surface area contributed by atoms with Crippen LogP contribution in [0.2, 0.25) is 0 Å².